The van der Waals surface area contributed by atoms with E-state index in [0.717, 1.165) is 36.1 Å². The zero-order chi connectivity index (χ0) is 23.7. The van der Waals surface area contributed by atoms with Crippen LogP contribution in [0, 0.1) is 12.8 Å². The number of anilines is 1. The lowest BCUT2D eigenvalue weighted by molar-refractivity contribution is -0.136. The maximum absolute atomic E-state index is 13.0. The van der Waals surface area contributed by atoms with Crippen LogP contribution < -0.4 is 4.90 Å². The van der Waals surface area contributed by atoms with E-state index >= 15 is 0 Å². The number of rotatable bonds is 5. The average Bonchev–Trinajstić information content (AvgIpc) is 3.07. The fraction of sp³-hybridized carbons (Fsp3) is 0.385. The van der Waals surface area contributed by atoms with Gasteiger partial charge in [-0.1, -0.05) is 25.1 Å². The Kier molecular flexibility index (Phi) is 6.31. The predicted octanol–water partition coefficient (Wildman–Crippen LogP) is 3.99. The van der Waals surface area contributed by atoms with E-state index in [9.17, 15) is 19.2 Å². The minimum atomic E-state index is -0.702. The number of carbonyl (C=O) groups is 4. The van der Waals surface area contributed by atoms with Gasteiger partial charge in [-0.05, 0) is 68.4 Å². The number of fused-ring (bicyclic) bond motifs is 1. The molecule has 3 amide bonds. The van der Waals surface area contributed by atoms with Crippen LogP contribution in [-0.2, 0) is 9.53 Å². The molecule has 7 nitrogen and oxygen atoms in total. The fourth-order valence-electron chi connectivity index (χ4n) is 4.55. The molecule has 0 aromatic heterocycles. The zero-order valence-electron chi connectivity index (χ0n) is 19.2. The van der Waals surface area contributed by atoms with Gasteiger partial charge in [0.2, 0.25) is 0 Å². The van der Waals surface area contributed by atoms with Crippen LogP contribution in [0.3, 0.4) is 0 Å². The van der Waals surface area contributed by atoms with Crippen molar-refractivity contribution in [1.82, 2.24) is 4.90 Å². The van der Waals surface area contributed by atoms with Crippen molar-refractivity contribution in [2.24, 2.45) is 5.92 Å². The molecule has 4 rings (SSSR count). The van der Waals surface area contributed by atoms with Crippen LogP contribution in [0.25, 0.3) is 0 Å². The summed E-state index contributed by atoms with van der Waals surface area (Å²) < 4.78 is 5.24. The summed E-state index contributed by atoms with van der Waals surface area (Å²) in [5, 5.41) is 0. The Hall–Kier alpha value is -3.48. The number of imide groups is 1. The molecule has 0 spiro atoms. The highest BCUT2D eigenvalue weighted by atomic mass is 16.5. The Balaban J connectivity index is 1.43. The second-order valence-electron chi connectivity index (χ2n) is 8.99. The molecule has 0 bridgehead atoms. The van der Waals surface area contributed by atoms with Crippen LogP contribution in [-0.4, -0.2) is 48.3 Å². The van der Waals surface area contributed by atoms with Gasteiger partial charge in [0.05, 0.1) is 22.4 Å². The zero-order valence-corrected chi connectivity index (χ0v) is 19.2. The number of likely N-dealkylation sites (N-methyl/N-ethyl adjacent to an activating group) is 1. The lowest BCUT2D eigenvalue weighted by atomic mass is 9.87. The summed E-state index contributed by atoms with van der Waals surface area (Å²) in [6.45, 7) is 3.68. The van der Waals surface area contributed by atoms with Crippen molar-refractivity contribution in [3.8, 4) is 0 Å². The highest BCUT2D eigenvalue weighted by molar-refractivity contribution is 6.34. The molecular formula is C26H28N2O5. The van der Waals surface area contributed by atoms with Crippen LogP contribution in [0.4, 0.5) is 5.69 Å². The van der Waals surface area contributed by atoms with Crippen molar-refractivity contribution in [2.75, 3.05) is 18.6 Å². The number of esters is 1. The number of aryl methyl sites for hydroxylation is 1. The minimum absolute atomic E-state index is 0.128. The van der Waals surface area contributed by atoms with E-state index in [1.807, 2.05) is 19.1 Å². The third-order valence-corrected chi connectivity index (χ3v) is 6.73. The maximum atomic E-state index is 13.0. The predicted molar refractivity (Wildman–Crippen MR) is 123 cm³/mol. The number of ether oxygens (including phenoxy) is 1. The van der Waals surface area contributed by atoms with Crippen molar-refractivity contribution < 1.29 is 23.9 Å². The molecule has 2 aromatic carbocycles. The third kappa shape index (κ3) is 4.40. The summed E-state index contributed by atoms with van der Waals surface area (Å²) in [6.07, 6.45) is 4.08. The Morgan fingerprint density at radius 3 is 2.36 bits per heavy atom. The van der Waals surface area contributed by atoms with Crippen molar-refractivity contribution in [3.63, 3.8) is 0 Å². The Morgan fingerprint density at radius 2 is 1.67 bits per heavy atom. The number of hydrogen-bond acceptors (Lipinski definition) is 5. The quantitative estimate of drug-likeness (QED) is 0.510. The van der Waals surface area contributed by atoms with Gasteiger partial charge in [0.15, 0.2) is 6.61 Å². The summed E-state index contributed by atoms with van der Waals surface area (Å²) in [5.74, 6) is -1.18. The summed E-state index contributed by atoms with van der Waals surface area (Å²) >= 11 is 0. The third-order valence-electron chi connectivity index (χ3n) is 6.73. The maximum Gasteiger partial charge on any atom is 0.338 e. The molecule has 0 N–H and O–H groups in total. The van der Waals surface area contributed by atoms with E-state index in [4.69, 9.17) is 4.74 Å². The summed E-state index contributed by atoms with van der Waals surface area (Å²) in [4.78, 5) is 53.7. The molecule has 172 valence electrons. The van der Waals surface area contributed by atoms with Crippen LogP contribution in [0.2, 0.25) is 0 Å². The van der Waals surface area contributed by atoms with Crippen molar-refractivity contribution >= 4 is 29.4 Å². The first-order valence-corrected chi connectivity index (χ1v) is 11.3. The van der Waals surface area contributed by atoms with Gasteiger partial charge in [0.25, 0.3) is 17.7 Å². The van der Waals surface area contributed by atoms with E-state index in [0.29, 0.717) is 11.6 Å². The van der Waals surface area contributed by atoms with Crippen LogP contribution >= 0.6 is 0 Å². The largest absolute Gasteiger partial charge is 0.452 e. The lowest BCUT2D eigenvalue weighted by Crippen LogP contribution is -2.41. The van der Waals surface area contributed by atoms with Crippen LogP contribution in [0.5, 0.6) is 0 Å². The van der Waals surface area contributed by atoms with Crippen molar-refractivity contribution in [3.05, 3.63) is 64.7 Å². The molecule has 0 unspecified atom stereocenters. The SMILES string of the molecule is Cc1ccccc1N1C(=O)c2ccc(C(=O)OCC(=O)N(C)C3CCC(C)CC3)cc2C1=O. The number of benzene rings is 2. The number of para-hydroxylation sites is 1. The first-order valence-electron chi connectivity index (χ1n) is 11.3. The molecule has 1 aliphatic carbocycles. The molecule has 0 radical (unpaired) electrons. The first-order chi connectivity index (χ1) is 15.8. The fourth-order valence-corrected chi connectivity index (χ4v) is 4.55. The van der Waals surface area contributed by atoms with Gasteiger partial charge in [0, 0.05) is 13.1 Å². The highest BCUT2D eigenvalue weighted by Crippen LogP contribution is 2.31. The smallest absolute Gasteiger partial charge is 0.338 e. The monoisotopic (exact) mass is 448 g/mol. The van der Waals surface area contributed by atoms with Gasteiger partial charge in [-0.3, -0.25) is 14.4 Å². The van der Waals surface area contributed by atoms with Gasteiger partial charge >= 0.3 is 5.97 Å². The highest BCUT2D eigenvalue weighted by Gasteiger charge is 2.38. The van der Waals surface area contributed by atoms with Crippen molar-refractivity contribution in [2.45, 2.75) is 45.6 Å². The van der Waals surface area contributed by atoms with Crippen LogP contribution in [0.1, 0.15) is 69.2 Å². The van der Waals surface area contributed by atoms with Gasteiger partial charge in [-0.2, -0.15) is 0 Å². The topological polar surface area (TPSA) is 84.0 Å². The molecular weight excluding hydrogens is 420 g/mol. The standard InChI is InChI=1S/C26H28N2O5/c1-16-8-11-19(12-9-16)27(3)23(29)15-33-26(32)18-10-13-20-21(14-18)25(31)28(24(20)30)22-7-5-4-6-17(22)2/h4-7,10,13-14,16,19H,8-9,11-12,15H2,1-3H3. The van der Waals surface area contributed by atoms with Gasteiger partial charge in [-0.15, -0.1) is 0 Å². The van der Waals surface area contributed by atoms with E-state index in [2.05, 4.69) is 6.92 Å². The summed E-state index contributed by atoms with van der Waals surface area (Å²) in [7, 11) is 1.75. The van der Waals surface area contributed by atoms with Gasteiger partial charge in [0.1, 0.15) is 0 Å². The second-order valence-corrected chi connectivity index (χ2v) is 8.99. The lowest BCUT2D eigenvalue weighted by Gasteiger charge is -2.33. The second kappa shape index (κ2) is 9.17. The van der Waals surface area contributed by atoms with E-state index in [1.54, 1.807) is 24.1 Å². The van der Waals surface area contributed by atoms with E-state index in [1.165, 1.54) is 18.2 Å². The molecule has 1 fully saturated rings. The van der Waals surface area contributed by atoms with Crippen molar-refractivity contribution in [1.29, 1.82) is 0 Å². The number of hydrogen-bond donors (Lipinski definition) is 0. The van der Waals surface area contributed by atoms with E-state index in [-0.39, 0.29) is 35.2 Å². The summed E-state index contributed by atoms with van der Waals surface area (Å²) in [6, 6.07) is 11.6. The normalized spacial score (nSPS) is 19.9. The molecule has 2 aliphatic rings. The number of amides is 3. The molecule has 2 aromatic rings. The molecule has 0 saturated heterocycles. The first kappa shape index (κ1) is 22.7. The molecule has 7 heteroatoms. The number of nitrogens with zero attached hydrogens (tertiary/aromatic N) is 2. The molecule has 1 aliphatic heterocycles. The Morgan fingerprint density at radius 1 is 1.00 bits per heavy atom. The minimum Gasteiger partial charge on any atom is -0.452 e. The Bertz CT molecular complexity index is 1120. The molecule has 33 heavy (non-hydrogen) atoms. The van der Waals surface area contributed by atoms with Crippen LogP contribution in [0.15, 0.2) is 42.5 Å². The van der Waals surface area contributed by atoms with Gasteiger partial charge in [-0.25, -0.2) is 9.69 Å². The summed E-state index contributed by atoms with van der Waals surface area (Å²) in [5.41, 5.74) is 1.82. The van der Waals surface area contributed by atoms with E-state index < -0.39 is 17.8 Å². The number of carbonyl (C=O) groups excluding carboxylic acids is 4. The average molecular weight is 449 g/mol. The molecule has 1 heterocycles. The molecule has 1 saturated carbocycles. The Labute approximate surface area is 193 Å². The molecule has 0 atom stereocenters. The van der Waals surface area contributed by atoms with Gasteiger partial charge < -0.3 is 9.64 Å².